The highest BCUT2D eigenvalue weighted by molar-refractivity contribution is 5.85. The molecule has 25 heavy (non-hydrogen) atoms. The Morgan fingerprint density at radius 1 is 1.16 bits per heavy atom. The maximum absolute atomic E-state index is 13.1. The van der Waals surface area contributed by atoms with Crippen molar-refractivity contribution < 1.29 is 14.3 Å². The molecule has 1 aromatic carbocycles. The van der Waals surface area contributed by atoms with Crippen LogP contribution in [0.4, 0.5) is 5.69 Å². The molecule has 2 heterocycles. The number of ether oxygens (including phenoxy) is 2. The third-order valence-corrected chi connectivity index (χ3v) is 5.49. The predicted octanol–water partition coefficient (Wildman–Crippen LogP) is 3.08. The number of amides is 1. The molecule has 0 spiro atoms. The quantitative estimate of drug-likeness (QED) is 0.843. The number of carbonyl (C=O) groups is 1. The van der Waals surface area contributed by atoms with E-state index in [-0.39, 0.29) is 11.4 Å². The second-order valence-electron chi connectivity index (χ2n) is 7.90. The highest BCUT2D eigenvalue weighted by atomic mass is 16.5. The van der Waals surface area contributed by atoms with Crippen LogP contribution in [0.1, 0.15) is 40.0 Å². The van der Waals surface area contributed by atoms with Crippen molar-refractivity contribution >= 4 is 11.6 Å². The van der Waals surface area contributed by atoms with Crippen molar-refractivity contribution in [1.82, 2.24) is 4.90 Å². The van der Waals surface area contributed by atoms with E-state index < -0.39 is 5.60 Å². The lowest BCUT2D eigenvalue weighted by atomic mass is 9.91. The van der Waals surface area contributed by atoms with Crippen LogP contribution >= 0.6 is 0 Å². The van der Waals surface area contributed by atoms with Crippen LogP contribution in [-0.2, 0) is 9.53 Å². The molecule has 0 bridgehead atoms. The summed E-state index contributed by atoms with van der Waals surface area (Å²) in [5, 5.41) is 0. The minimum atomic E-state index is -0.652. The molecular formula is C20H30N2O3. The van der Waals surface area contributed by atoms with Gasteiger partial charge in [-0.05, 0) is 52.2 Å². The predicted molar refractivity (Wildman–Crippen MR) is 99.2 cm³/mol. The largest absolute Gasteiger partial charge is 0.495 e. The van der Waals surface area contributed by atoms with Crippen LogP contribution in [0.5, 0.6) is 5.75 Å². The van der Waals surface area contributed by atoms with Gasteiger partial charge < -0.3 is 19.3 Å². The molecule has 0 radical (unpaired) electrons. The van der Waals surface area contributed by atoms with Crippen molar-refractivity contribution in [3.63, 3.8) is 0 Å². The fourth-order valence-electron chi connectivity index (χ4n) is 4.06. The minimum absolute atomic E-state index is 0.139. The van der Waals surface area contributed by atoms with Crippen LogP contribution < -0.4 is 9.64 Å². The third kappa shape index (κ3) is 3.47. The van der Waals surface area contributed by atoms with Gasteiger partial charge in [-0.15, -0.1) is 0 Å². The summed E-state index contributed by atoms with van der Waals surface area (Å²) in [7, 11) is 1.70. The van der Waals surface area contributed by atoms with Crippen LogP contribution in [0.15, 0.2) is 24.3 Å². The number of carbonyl (C=O) groups excluding carboxylic acids is 1. The number of anilines is 1. The first kappa shape index (κ1) is 18.1. The van der Waals surface area contributed by atoms with E-state index in [4.69, 9.17) is 9.47 Å². The summed E-state index contributed by atoms with van der Waals surface area (Å²) < 4.78 is 11.4. The lowest BCUT2D eigenvalue weighted by Gasteiger charge is -2.50. The van der Waals surface area contributed by atoms with Crippen LogP contribution in [0, 0.1) is 0 Å². The molecule has 5 nitrogen and oxygen atoms in total. The Morgan fingerprint density at radius 2 is 1.92 bits per heavy atom. The molecule has 0 aromatic heterocycles. The molecule has 2 fully saturated rings. The van der Waals surface area contributed by atoms with Gasteiger partial charge in [0.05, 0.1) is 18.3 Å². The molecule has 2 saturated heterocycles. The van der Waals surface area contributed by atoms with E-state index in [1.807, 2.05) is 30.0 Å². The van der Waals surface area contributed by atoms with Crippen LogP contribution in [0.3, 0.4) is 0 Å². The molecule has 0 saturated carbocycles. The van der Waals surface area contributed by atoms with Gasteiger partial charge in [0.25, 0.3) is 5.91 Å². The summed E-state index contributed by atoms with van der Waals surface area (Å²) >= 11 is 0. The van der Waals surface area contributed by atoms with Gasteiger partial charge in [0.1, 0.15) is 11.4 Å². The number of nitrogens with zero attached hydrogens (tertiary/aromatic N) is 2. The Balaban J connectivity index is 1.77. The molecule has 0 N–H and O–H groups in total. The molecule has 2 aliphatic rings. The van der Waals surface area contributed by atoms with E-state index in [1.54, 1.807) is 7.11 Å². The summed E-state index contributed by atoms with van der Waals surface area (Å²) in [6, 6.07) is 8.09. The first-order valence-corrected chi connectivity index (χ1v) is 9.21. The SMILES string of the molecule is COc1ccccc1N1CCN(C(=O)[C@@]2(C)CCCCO2)CC1(C)C. The molecule has 1 atom stereocenters. The lowest BCUT2D eigenvalue weighted by Crippen LogP contribution is -2.64. The van der Waals surface area contributed by atoms with Gasteiger partial charge in [0.15, 0.2) is 0 Å². The maximum atomic E-state index is 13.1. The Bertz CT molecular complexity index is 623. The summed E-state index contributed by atoms with van der Waals surface area (Å²) in [5.74, 6) is 1.01. The molecule has 138 valence electrons. The number of hydrogen-bond acceptors (Lipinski definition) is 4. The van der Waals surface area contributed by atoms with Crippen molar-refractivity contribution in [2.45, 2.75) is 51.2 Å². The van der Waals surface area contributed by atoms with Gasteiger partial charge >= 0.3 is 0 Å². The van der Waals surface area contributed by atoms with Crippen molar-refractivity contribution in [2.24, 2.45) is 0 Å². The van der Waals surface area contributed by atoms with E-state index in [9.17, 15) is 4.79 Å². The van der Waals surface area contributed by atoms with Gasteiger partial charge in [0, 0.05) is 26.2 Å². The Morgan fingerprint density at radius 3 is 2.56 bits per heavy atom. The van der Waals surface area contributed by atoms with Crippen molar-refractivity contribution in [3.05, 3.63) is 24.3 Å². The molecular weight excluding hydrogens is 316 g/mol. The normalized spacial score (nSPS) is 26.4. The summed E-state index contributed by atoms with van der Waals surface area (Å²) in [5.41, 5.74) is 0.261. The maximum Gasteiger partial charge on any atom is 0.254 e. The molecule has 1 aromatic rings. The Labute approximate surface area is 150 Å². The van der Waals surface area contributed by atoms with Gasteiger partial charge in [0.2, 0.25) is 0 Å². The summed E-state index contributed by atoms with van der Waals surface area (Å²) in [4.78, 5) is 17.4. The van der Waals surface area contributed by atoms with Crippen molar-refractivity contribution in [2.75, 3.05) is 38.3 Å². The zero-order chi connectivity index (χ0) is 18.1. The van der Waals surface area contributed by atoms with Crippen LogP contribution in [0.25, 0.3) is 0 Å². The number of benzene rings is 1. The van der Waals surface area contributed by atoms with Crippen LogP contribution in [0.2, 0.25) is 0 Å². The van der Waals surface area contributed by atoms with E-state index in [0.29, 0.717) is 19.7 Å². The zero-order valence-electron chi connectivity index (χ0n) is 15.9. The molecule has 3 rings (SSSR count). The standard InChI is InChI=1S/C20H30N2O3/c1-19(2)15-21(18(23)20(3)11-7-8-14-25-20)12-13-22(19)16-9-5-6-10-17(16)24-4/h5-6,9-10H,7-8,11-15H2,1-4H3/t20-/m1/s1. The summed E-state index contributed by atoms with van der Waals surface area (Å²) in [6.07, 6.45) is 2.93. The number of piperazine rings is 1. The molecule has 5 heteroatoms. The highest BCUT2D eigenvalue weighted by Crippen LogP contribution is 2.36. The van der Waals surface area contributed by atoms with E-state index in [2.05, 4.69) is 24.8 Å². The van der Waals surface area contributed by atoms with Crippen molar-refractivity contribution in [3.8, 4) is 5.75 Å². The molecule has 0 aliphatic carbocycles. The Kier molecular flexibility index (Phi) is 4.96. The molecule has 0 unspecified atom stereocenters. The fraction of sp³-hybridized carbons (Fsp3) is 0.650. The zero-order valence-corrected chi connectivity index (χ0v) is 15.9. The fourth-order valence-corrected chi connectivity index (χ4v) is 4.06. The topological polar surface area (TPSA) is 42.0 Å². The average Bonchev–Trinajstić information content (AvgIpc) is 2.61. The summed E-state index contributed by atoms with van der Waals surface area (Å²) in [6.45, 7) is 9.18. The third-order valence-electron chi connectivity index (χ3n) is 5.49. The van der Waals surface area contributed by atoms with E-state index in [0.717, 1.165) is 37.2 Å². The molecule has 1 amide bonds. The lowest BCUT2D eigenvalue weighted by molar-refractivity contribution is -0.163. The second kappa shape index (κ2) is 6.87. The monoisotopic (exact) mass is 346 g/mol. The number of methoxy groups -OCH3 is 1. The van der Waals surface area contributed by atoms with Gasteiger partial charge in [-0.3, -0.25) is 4.79 Å². The first-order valence-electron chi connectivity index (χ1n) is 9.21. The number of hydrogen-bond donors (Lipinski definition) is 0. The number of para-hydroxylation sites is 2. The van der Waals surface area contributed by atoms with E-state index in [1.165, 1.54) is 0 Å². The molecule has 2 aliphatic heterocycles. The van der Waals surface area contributed by atoms with Crippen molar-refractivity contribution in [1.29, 1.82) is 0 Å². The second-order valence-corrected chi connectivity index (χ2v) is 7.90. The minimum Gasteiger partial charge on any atom is -0.495 e. The highest BCUT2D eigenvalue weighted by Gasteiger charge is 2.44. The average molecular weight is 346 g/mol. The van der Waals surface area contributed by atoms with Gasteiger partial charge in [-0.25, -0.2) is 0 Å². The Hall–Kier alpha value is -1.75. The van der Waals surface area contributed by atoms with Gasteiger partial charge in [-0.1, -0.05) is 12.1 Å². The number of rotatable bonds is 3. The van der Waals surface area contributed by atoms with Gasteiger partial charge in [-0.2, -0.15) is 0 Å². The smallest absolute Gasteiger partial charge is 0.254 e. The van der Waals surface area contributed by atoms with Crippen LogP contribution in [-0.4, -0.2) is 55.3 Å². The first-order chi connectivity index (χ1) is 11.9. The van der Waals surface area contributed by atoms with E-state index >= 15 is 0 Å².